The molecular weight excluding hydrogens is 288 g/mol. The molecule has 1 aliphatic rings. The van der Waals surface area contributed by atoms with Crippen LogP contribution in [0, 0.1) is 5.92 Å². The third kappa shape index (κ3) is 4.61. The molecular formula is C15H24N2O3S. The number of benzene rings is 1. The lowest BCUT2D eigenvalue weighted by molar-refractivity contribution is 0.258. The second-order valence-electron chi connectivity index (χ2n) is 5.51. The van der Waals surface area contributed by atoms with Gasteiger partial charge in [-0.25, -0.2) is 12.7 Å². The van der Waals surface area contributed by atoms with Crippen molar-refractivity contribution in [2.45, 2.75) is 26.2 Å². The number of hydrogen-bond donors (Lipinski definition) is 1. The molecule has 2 N–H and O–H groups in total. The molecule has 0 aliphatic carbocycles. The maximum absolute atomic E-state index is 12.3. The van der Waals surface area contributed by atoms with Crippen molar-refractivity contribution in [2.75, 3.05) is 31.2 Å². The van der Waals surface area contributed by atoms with Gasteiger partial charge in [-0.2, -0.15) is 0 Å². The molecule has 1 heterocycles. The van der Waals surface area contributed by atoms with Crippen molar-refractivity contribution in [3.63, 3.8) is 0 Å². The average molecular weight is 312 g/mol. The Kier molecular flexibility index (Phi) is 5.47. The summed E-state index contributed by atoms with van der Waals surface area (Å²) in [5.41, 5.74) is 6.27. The Labute approximate surface area is 127 Å². The lowest BCUT2D eigenvalue weighted by atomic mass is 9.97. The summed E-state index contributed by atoms with van der Waals surface area (Å²) in [5, 5.41) is 0. The third-order valence-corrected chi connectivity index (χ3v) is 5.72. The minimum atomic E-state index is -3.23. The lowest BCUT2D eigenvalue weighted by Crippen LogP contribution is -2.41. The largest absolute Gasteiger partial charge is 0.492 e. The molecule has 1 aliphatic heterocycles. The number of anilines is 1. The van der Waals surface area contributed by atoms with E-state index in [0.717, 1.165) is 19.3 Å². The predicted molar refractivity (Wildman–Crippen MR) is 84.7 cm³/mol. The summed E-state index contributed by atoms with van der Waals surface area (Å²) in [5.74, 6) is 1.11. The number of piperidine rings is 1. The zero-order valence-corrected chi connectivity index (χ0v) is 13.3. The molecule has 6 heteroatoms. The van der Waals surface area contributed by atoms with Gasteiger partial charge in [0, 0.05) is 24.8 Å². The molecule has 2 rings (SSSR count). The SMILES string of the molecule is CCC1CCCN(S(=O)(=O)CCOc2cccc(N)c2)C1. The number of ether oxygens (including phenoxy) is 1. The van der Waals surface area contributed by atoms with Gasteiger partial charge in [0.15, 0.2) is 0 Å². The molecule has 1 aromatic carbocycles. The molecule has 1 fully saturated rings. The molecule has 1 saturated heterocycles. The van der Waals surface area contributed by atoms with E-state index in [1.807, 2.05) is 0 Å². The summed E-state index contributed by atoms with van der Waals surface area (Å²) in [6.45, 7) is 3.55. The Morgan fingerprint density at radius 2 is 2.24 bits per heavy atom. The molecule has 21 heavy (non-hydrogen) atoms. The van der Waals surface area contributed by atoms with Gasteiger partial charge in [0.1, 0.15) is 12.4 Å². The molecule has 0 radical (unpaired) electrons. The number of nitrogens with zero attached hydrogens (tertiary/aromatic N) is 1. The van der Waals surface area contributed by atoms with Crippen molar-refractivity contribution in [1.29, 1.82) is 0 Å². The molecule has 0 spiro atoms. The number of hydrogen-bond acceptors (Lipinski definition) is 4. The van der Waals surface area contributed by atoms with Crippen LogP contribution in [0.15, 0.2) is 24.3 Å². The molecule has 1 aromatic rings. The fourth-order valence-corrected chi connectivity index (χ4v) is 4.01. The Morgan fingerprint density at radius 1 is 1.43 bits per heavy atom. The van der Waals surface area contributed by atoms with Crippen molar-refractivity contribution in [1.82, 2.24) is 4.31 Å². The Bertz CT molecular complexity index is 560. The number of nitrogen functional groups attached to an aromatic ring is 1. The van der Waals surface area contributed by atoms with Gasteiger partial charge >= 0.3 is 0 Å². The zero-order valence-electron chi connectivity index (χ0n) is 12.5. The van der Waals surface area contributed by atoms with Crippen LogP contribution in [0.25, 0.3) is 0 Å². The first-order valence-electron chi connectivity index (χ1n) is 7.47. The first-order chi connectivity index (χ1) is 10.0. The highest BCUT2D eigenvalue weighted by Crippen LogP contribution is 2.22. The summed E-state index contributed by atoms with van der Waals surface area (Å²) in [4.78, 5) is 0. The molecule has 5 nitrogen and oxygen atoms in total. The van der Waals surface area contributed by atoms with Crippen molar-refractivity contribution >= 4 is 15.7 Å². The molecule has 0 aromatic heterocycles. The second kappa shape index (κ2) is 7.13. The van der Waals surface area contributed by atoms with E-state index < -0.39 is 10.0 Å². The van der Waals surface area contributed by atoms with Crippen LogP contribution in [-0.2, 0) is 10.0 Å². The minimum absolute atomic E-state index is 0.0121. The highest BCUT2D eigenvalue weighted by molar-refractivity contribution is 7.89. The van der Waals surface area contributed by atoms with E-state index in [2.05, 4.69) is 6.92 Å². The standard InChI is InChI=1S/C15H24N2O3S/c1-2-13-5-4-8-17(12-13)21(18,19)10-9-20-15-7-3-6-14(16)11-15/h3,6-7,11,13H,2,4-5,8-10,12,16H2,1H3. The summed E-state index contributed by atoms with van der Waals surface area (Å²) in [6.07, 6.45) is 3.11. The van der Waals surface area contributed by atoms with E-state index in [-0.39, 0.29) is 12.4 Å². The maximum atomic E-state index is 12.3. The van der Waals surface area contributed by atoms with Crippen LogP contribution in [0.3, 0.4) is 0 Å². The van der Waals surface area contributed by atoms with Gasteiger partial charge in [0.25, 0.3) is 0 Å². The first-order valence-corrected chi connectivity index (χ1v) is 9.08. The highest BCUT2D eigenvalue weighted by Gasteiger charge is 2.27. The van der Waals surface area contributed by atoms with E-state index in [0.29, 0.717) is 30.4 Å². The predicted octanol–water partition coefficient (Wildman–Crippen LogP) is 2.10. The first kappa shape index (κ1) is 16.1. The fraction of sp³-hybridized carbons (Fsp3) is 0.600. The number of nitrogens with two attached hydrogens (primary N) is 1. The minimum Gasteiger partial charge on any atom is -0.492 e. The van der Waals surface area contributed by atoms with Crippen LogP contribution in [0.4, 0.5) is 5.69 Å². The quantitative estimate of drug-likeness (QED) is 0.817. The second-order valence-corrected chi connectivity index (χ2v) is 7.60. The van der Waals surface area contributed by atoms with Gasteiger partial charge in [-0.05, 0) is 30.9 Å². The van der Waals surface area contributed by atoms with Gasteiger partial charge < -0.3 is 10.5 Å². The van der Waals surface area contributed by atoms with Crippen LogP contribution in [0.5, 0.6) is 5.75 Å². The summed E-state index contributed by atoms with van der Waals surface area (Å²) < 4.78 is 31.8. The monoisotopic (exact) mass is 312 g/mol. The molecule has 0 amide bonds. The van der Waals surface area contributed by atoms with E-state index in [4.69, 9.17) is 10.5 Å². The molecule has 1 atom stereocenters. The van der Waals surface area contributed by atoms with Crippen LogP contribution in [0.2, 0.25) is 0 Å². The van der Waals surface area contributed by atoms with E-state index in [1.165, 1.54) is 0 Å². The van der Waals surface area contributed by atoms with Crippen molar-refractivity contribution < 1.29 is 13.2 Å². The summed E-state index contributed by atoms with van der Waals surface area (Å²) in [7, 11) is -3.23. The Morgan fingerprint density at radius 3 is 2.95 bits per heavy atom. The van der Waals surface area contributed by atoms with Crippen molar-refractivity contribution in [2.24, 2.45) is 5.92 Å². The van der Waals surface area contributed by atoms with Crippen LogP contribution < -0.4 is 10.5 Å². The maximum Gasteiger partial charge on any atom is 0.217 e. The van der Waals surface area contributed by atoms with E-state index in [9.17, 15) is 8.42 Å². The Hall–Kier alpha value is -1.27. The van der Waals surface area contributed by atoms with Crippen molar-refractivity contribution in [3.05, 3.63) is 24.3 Å². The van der Waals surface area contributed by atoms with Crippen molar-refractivity contribution in [3.8, 4) is 5.75 Å². The van der Waals surface area contributed by atoms with Gasteiger partial charge in [-0.1, -0.05) is 19.4 Å². The number of rotatable bonds is 6. The smallest absolute Gasteiger partial charge is 0.217 e. The van der Waals surface area contributed by atoms with E-state index in [1.54, 1.807) is 28.6 Å². The lowest BCUT2D eigenvalue weighted by Gasteiger charge is -2.31. The van der Waals surface area contributed by atoms with Gasteiger partial charge in [-0.15, -0.1) is 0 Å². The average Bonchev–Trinajstić information content (AvgIpc) is 2.47. The fourth-order valence-electron chi connectivity index (χ4n) is 2.61. The van der Waals surface area contributed by atoms with Crippen LogP contribution >= 0.6 is 0 Å². The molecule has 1 unspecified atom stereocenters. The summed E-state index contributed by atoms with van der Waals surface area (Å²) >= 11 is 0. The third-order valence-electron chi connectivity index (χ3n) is 3.92. The molecule has 0 bridgehead atoms. The van der Waals surface area contributed by atoms with Crippen LogP contribution in [-0.4, -0.2) is 38.2 Å². The Balaban J connectivity index is 1.86. The van der Waals surface area contributed by atoms with Gasteiger partial charge in [0.2, 0.25) is 10.0 Å². The normalized spacial score (nSPS) is 20.3. The van der Waals surface area contributed by atoms with Gasteiger partial charge in [-0.3, -0.25) is 0 Å². The number of sulfonamides is 1. The summed E-state index contributed by atoms with van der Waals surface area (Å²) in [6, 6.07) is 7.02. The molecule has 118 valence electrons. The van der Waals surface area contributed by atoms with Gasteiger partial charge in [0.05, 0.1) is 5.75 Å². The van der Waals surface area contributed by atoms with Crippen LogP contribution in [0.1, 0.15) is 26.2 Å². The van der Waals surface area contributed by atoms with E-state index >= 15 is 0 Å². The molecule has 0 saturated carbocycles. The zero-order chi connectivity index (χ0) is 15.3. The highest BCUT2D eigenvalue weighted by atomic mass is 32.2. The topological polar surface area (TPSA) is 72.6 Å².